The van der Waals surface area contributed by atoms with Crippen LogP contribution in [0.5, 0.6) is 0 Å². The summed E-state index contributed by atoms with van der Waals surface area (Å²) >= 11 is 0. The molecule has 3 nitrogen and oxygen atoms in total. The van der Waals surface area contributed by atoms with Crippen molar-refractivity contribution in [1.82, 2.24) is 5.32 Å². The highest BCUT2D eigenvalue weighted by molar-refractivity contribution is 5.81. The van der Waals surface area contributed by atoms with Gasteiger partial charge in [0.1, 0.15) is 5.54 Å². The summed E-state index contributed by atoms with van der Waals surface area (Å²) in [5.74, 6) is -0.787. The summed E-state index contributed by atoms with van der Waals surface area (Å²) in [6.45, 7) is 4.12. The van der Waals surface area contributed by atoms with E-state index in [2.05, 4.69) is 11.9 Å². The largest absolute Gasteiger partial charge is 0.480 e. The van der Waals surface area contributed by atoms with Crippen LogP contribution in [0, 0.1) is 0 Å². The number of nitrogens with one attached hydrogen (secondary N) is 1. The molecule has 0 saturated heterocycles. The number of carboxylic acid groups (broad SMARTS) is 1. The van der Waals surface area contributed by atoms with Gasteiger partial charge >= 0.3 is 5.97 Å². The maximum absolute atomic E-state index is 11.4. The summed E-state index contributed by atoms with van der Waals surface area (Å²) in [6, 6.07) is 7.89. The highest BCUT2D eigenvalue weighted by Gasteiger charge is 2.43. The lowest BCUT2D eigenvalue weighted by Crippen LogP contribution is -2.53. The number of carboxylic acids is 1. The zero-order valence-electron chi connectivity index (χ0n) is 9.07. The molecule has 0 aliphatic heterocycles. The molecule has 0 unspecified atom stereocenters. The normalized spacial score (nSPS) is 16.8. The van der Waals surface area contributed by atoms with Crippen LogP contribution in [0.1, 0.15) is 11.1 Å². The molecular formula is C13H15NO2. The molecule has 0 fully saturated rings. The molecule has 1 aromatic carbocycles. The maximum atomic E-state index is 11.4. The van der Waals surface area contributed by atoms with Gasteiger partial charge < -0.3 is 5.11 Å². The van der Waals surface area contributed by atoms with Crippen molar-refractivity contribution in [2.45, 2.75) is 18.4 Å². The molecule has 16 heavy (non-hydrogen) atoms. The van der Waals surface area contributed by atoms with Crippen molar-refractivity contribution in [3.05, 3.63) is 48.0 Å². The fourth-order valence-corrected chi connectivity index (χ4v) is 2.23. The smallest absolute Gasteiger partial charge is 0.324 e. The molecule has 1 aliphatic carbocycles. The SMILES string of the molecule is C=CCNC1(C(=O)O)Cc2ccccc2C1. The summed E-state index contributed by atoms with van der Waals surface area (Å²) in [5, 5.41) is 12.4. The van der Waals surface area contributed by atoms with Crippen LogP contribution in [-0.2, 0) is 17.6 Å². The number of rotatable bonds is 4. The zero-order valence-corrected chi connectivity index (χ0v) is 9.07. The molecule has 1 aliphatic rings. The van der Waals surface area contributed by atoms with Crippen LogP contribution in [-0.4, -0.2) is 23.2 Å². The van der Waals surface area contributed by atoms with Gasteiger partial charge in [-0.2, -0.15) is 0 Å². The lowest BCUT2D eigenvalue weighted by molar-refractivity contribution is -0.144. The number of hydrogen-bond acceptors (Lipinski definition) is 2. The van der Waals surface area contributed by atoms with Crippen LogP contribution < -0.4 is 5.32 Å². The Labute approximate surface area is 94.8 Å². The van der Waals surface area contributed by atoms with Gasteiger partial charge in [-0.1, -0.05) is 30.3 Å². The van der Waals surface area contributed by atoms with E-state index in [0.717, 1.165) is 11.1 Å². The number of aliphatic carboxylic acids is 1. The fraction of sp³-hybridized carbons (Fsp3) is 0.308. The standard InChI is InChI=1S/C13H15NO2/c1-2-7-14-13(12(15)16)8-10-5-3-4-6-11(10)9-13/h2-6,14H,1,7-9H2,(H,15,16). The molecule has 0 spiro atoms. The van der Waals surface area contributed by atoms with Crippen molar-refractivity contribution in [2.24, 2.45) is 0 Å². The molecule has 0 atom stereocenters. The second-order valence-corrected chi connectivity index (χ2v) is 4.18. The van der Waals surface area contributed by atoms with Crippen molar-refractivity contribution in [1.29, 1.82) is 0 Å². The summed E-state index contributed by atoms with van der Waals surface area (Å²) in [5.41, 5.74) is 1.40. The van der Waals surface area contributed by atoms with Crippen molar-refractivity contribution in [3.8, 4) is 0 Å². The van der Waals surface area contributed by atoms with Gasteiger partial charge in [-0.15, -0.1) is 6.58 Å². The molecule has 0 saturated carbocycles. The summed E-state index contributed by atoms with van der Waals surface area (Å²) < 4.78 is 0. The van der Waals surface area contributed by atoms with Gasteiger partial charge in [-0.05, 0) is 11.1 Å². The molecule has 2 rings (SSSR count). The molecule has 84 valence electrons. The Morgan fingerprint density at radius 2 is 2.00 bits per heavy atom. The molecule has 0 bridgehead atoms. The highest BCUT2D eigenvalue weighted by atomic mass is 16.4. The zero-order chi connectivity index (χ0) is 11.6. The minimum atomic E-state index is -0.849. The minimum Gasteiger partial charge on any atom is -0.480 e. The molecule has 2 N–H and O–H groups in total. The molecular weight excluding hydrogens is 202 g/mol. The lowest BCUT2D eigenvalue weighted by Gasteiger charge is -2.24. The number of hydrogen-bond donors (Lipinski definition) is 2. The Bertz CT molecular complexity index is 401. The summed E-state index contributed by atoms with van der Waals surface area (Å²) in [7, 11) is 0. The monoisotopic (exact) mass is 217 g/mol. The molecule has 0 heterocycles. The third-order valence-corrected chi connectivity index (χ3v) is 3.10. The van der Waals surface area contributed by atoms with E-state index >= 15 is 0 Å². The first-order chi connectivity index (χ1) is 7.68. The van der Waals surface area contributed by atoms with E-state index in [-0.39, 0.29) is 0 Å². The van der Waals surface area contributed by atoms with E-state index in [0.29, 0.717) is 19.4 Å². The van der Waals surface area contributed by atoms with Gasteiger partial charge in [0.2, 0.25) is 0 Å². The van der Waals surface area contributed by atoms with E-state index in [9.17, 15) is 9.90 Å². The quantitative estimate of drug-likeness (QED) is 0.749. The number of benzene rings is 1. The Hall–Kier alpha value is -1.61. The first kappa shape index (κ1) is 10.9. The van der Waals surface area contributed by atoms with Crippen molar-refractivity contribution >= 4 is 5.97 Å². The topological polar surface area (TPSA) is 49.3 Å². The van der Waals surface area contributed by atoms with E-state index in [1.54, 1.807) is 6.08 Å². The van der Waals surface area contributed by atoms with Crippen LogP contribution in [0.2, 0.25) is 0 Å². The number of fused-ring (bicyclic) bond motifs is 1. The Morgan fingerprint density at radius 3 is 2.44 bits per heavy atom. The van der Waals surface area contributed by atoms with Crippen LogP contribution in [0.3, 0.4) is 0 Å². The predicted molar refractivity (Wildman–Crippen MR) is 62.4 cm³/mol. The van der Waals surface area contributed by atoms with Crippen LogP contribution in [0.25, 0.3) is 0 Å². The van der Waals surface area contributed by atoms with Gasteiger partial charge in [0.15, 0.2) is 0 Å². The van der Waals surface area contributed by atoms with E-state index in [1.807, 2.05) is 24.3 Å². The molecule has 3 heteroatoms. The fourth-order valence-electron chi connectivity index (χ4n) is 2.23. The molecule has 0 radical (unpaired) electrons. The second-order valence-electron chi connectivity index (χ2n) is 4.18. The third-order valence-electron chi connectivity index (χ3n) is 3.10. The van der Waals surface area contributed by atoms with Crippen LogP contribution in [0.4, 0.5) is 0 Å². The number of carbonyl (C=O) groups is 1. The van der Waals surface area contributed by atoms with E-state index in [1.165, 1.54) is 0 Å². The van der Waals surface area contributed by atoms with Gasteiger partial charge in [0.05, 0.1) is 0 Å². The summed E-state index contributed by atoms with van der Waals surface area (Å²) in [6.07, 6.45) is 2.78. The summed E-state index contributed by atoms with van der Waals surface area (Å²) in [4.78, 5) is 11.4. The lowest BCUT2D eigenvalue weighted by atomic mass is 9.96. The predicted octanol–water partition coefficient (Wildman–Crippen LogP) is 1.38. The van der Waals surface area contributed by atoms with Gasteiger partial charge in [0, 0.05) is 19.4 Å². The Balaban J connectivity index is 2.27. The van der Waals surface area contributed by atoms with Crippen LogP contribution >= 0.6 is 0 Å². The maximum Gasteiger partial charge on any atom is 0.324 e. The van der Waals surface area contributed by atoms with E-state index in [4.69, 9.17) is 0 Å². The average molecular weight is 217 g/mol. The van der Waals surface area contributed by atoms with Gasteiger partial charge in [-0.3, -0.25) is 10.1 Å². The van der Waals surface area contributed by atoms with Crippen LogP contribution in [0.15, 0.2) is 36.9 Å². The first-order valence-electron chi connectivity index (χ1n) is 5.34. The molecule has 1 aromatic rings. The minimum absolute atomic E-state index is 0.514. The van der Waals surface area contributed by atoms with Crippen molar-refractivity contribution in [3.63, 3.8) is 0 Å². The Kier molecular flexibility index (Phi) is 2.79. The van der Waals surface area contributed by atoms with Crippen molar-refractivity contribution < 1.29 is 9.90 Å². The third kappa shape index (κ3) is 1.74. The van der Waals surface area contributed by atoms with Crippen molar-refractivity contribution in [2.75, 3.05) is 6.54 Å². The highest BCUT2D eigenvalue weighted by Crippen LogP contribution is 2.30. The van der Waals surface area contributed by atoms with Gasteiger partial charge in [-0.25, -0.2) is 0 Å². The second kappa shape index (κ2) is 4.10. The molecule has 0 amide bonds. The average Bonchev–Trinajstić information content (AvgIpc) is 2.66. The molecule has 0 aromatic heterocycles. The van der Waals surface area contributed by atoms with Gasteiger partial charge in [0.25, 0.3) is 0 Å². The van der Waals surface area contributed by atoms with E-state index < -0.39 is 11.5 Å². The Morgan fingerprint density at radius 1 is 1.44 bits per heavy atom. The first-order valence-corrected chi connectivity index (χ1v) is 5.34.